The molecule has 1 aromatic carbocycles. The summed E-state index contributed by atoms with van der Waals surface area (Å²) in [5, 5.41) is 7.53. The molecular formula is C15H18N4O. The Morgan fingerprint density at radius 2 is 2.05 bits per heavy atom. The molecule has 0 saturated carbocycles. The minimum absolute atomic E-state index is 0.625. The molecule has 2 aliphatic heterocycles. The average molecular weight is 270 g/mol. The van der Waals surface area contributed by atoms with Crippen molar-refractivity contribution in [2.45, 2.75) is 25.7 Å². The van der Waals surface area contributed by atoms with Crippen LogP contribution < -0.4 is 10.2 Å². The number of hydrogen-bond acceptors (Lipinski definition) is 5. The van der Waals surface area contributed by atoms with Crippen molar-refractivity contribution >= 4 is 11.6 Å². The van der Waals surface area contributed by atoms with Gasteiger partial charge in [-0.05, 0) is 54.6 Å². The zero-order valence-electron chi connectivity index (χ0n) is 11.4. The Morgan fingerprint density at radius 3 is 2.95 bits per heavy atom. The molecule has 3 heterocycles. The topological polar surface area (TPSA) is 54.2 Å². The second kappa shape index (κ2) is 4.81. The minimum Gasteiger partial charge on any atom is -0.385 e. The van der Waals surface area contributed by atoms with Crippen molar-refractivity contribution in [2.75, 3.05) is 29.9 Å². The fraction of sp³-hybridized carbons (Fsp3) is 0.467. The summed E-state index contributed by atoms with van der Waals surface area (Å²) in [5.74, 6) is 1.36. The van der Waals surface area contributed by atoms with Crippen molar-refractivity contribution in [3.8, 4) is 11.5 Å². The summed E-state index contributed by atoms with van der Waals surface area (Å²) in [6.07, 6.45) is 4.73. The first-order valence-corrected chi connectivity index (χ1v) is 7.36. The molecular weight excluding hydrogens is 252 g/mol. The zero-order chi connectivity index (χ0) is 13.4. The Balaban J connectivity index is 1.63. The van der Waals surface area contributed by atoms with Crippen molar-refractivity contribution in [1.82, 2.24) is 10.1 Å². The van der Waals surface area contributed by atoms with Gasteiger partial charge in [-0.2, -0.15) is 4.98 Å². The lowest BCUT2D eigenvalue weighted by Gasteiger charge is -2.17. The van der Waals surface area contributed by atoms with E-state index in [1.165, 1.54) is 30.5 Å². The molecule has 2 aliphatic rings. The number of nitrogens with zero attached hydrogens (tertiary/aromatic N) is 3. The third-order valence-corrected chi connectivity index (χ3v) is 4.09. The SMILES string of the molecule is c1cc2c(cc1-c1nc(N3CCCC3)no1)CCCN2. The first kappa shape index (κ1) is 11.8. The lowest BCUT2D eigenvalue weighted by molar-refractivity contribution is 0.430. The number of benzene rings is 1. The second-order valence-corrected chi connectivity index (χ2v) is 5.50. The van der Waals surface area contributed by atoms with Crippen LogP contribution in [0.4, 0.5) is 11.6 Å². The van der Waals surface area contributed by atoms with E-state index in [2.05, 4.69) is 38.6 Å². The van der Waals surface area contributed by atoms with Crippen molar-refractivity contribution in [3.05, 3.63) is 23.8 Å². The summed E-state index contributed by atoms with van der Waals surface area (Å²) >= 11 is 0. The lowest BCUT2D eigenvalue weighted by atomic mass is 10.0. The van der Waals surface area contributed by atoms with Crippen molar-refractivity contribution < 1.29 is 4.52 Å². The van der Waals surface area contributed by atoms with Gasteiger partial charge >= 0.3 is 0 Å². The number of aryl methyl sites for hydroxylation is 1. The smallest absolute Gasteiger partial charge is 0.266 e. The Morgan fingerprint density at radius 1 is 1.15 bits per heavy atom. The van der Waals surface area contributed by atoms with Crippen LogP contribution in [-0.2, 0) is 6.42 Å². The Bertz CT molecular complexity index is 616. The highest BCUT2D eigenvalue weighted by Crippen LogP contribution is 2.28. The van der Waals surface area contributed by atoms with E-state index in [4.69, 9.17) is 4.52 Å². The van der Waals surface area contributed by atoms with Crippen LogP contribution >= 0.6 is 0 Å². The minimum atomic E-state index is 0.625. The van der Waals surface area contributed by atoms with Crippen LogP contribution in [0.5, 0.6) is 0 Å². The molecule has 5 nitrogen and oxygen atoms in total. The second-order valence-electron chi connectivity index (χ2n) is 5.50. The number of hydrogen-bond donors (Lipinski definition) is 1. The molecule has 0 aliphatic carbocycles. The highest BCUT2D eigenvalue weighted by molar-refractivity contribution is 5.64. The Kier molecular flexibility index (Phi) is 2.83. The summed E-state index contributed by atoms with van der Waals surface area (Å²) in [4.78, 5) is 6.73. The van der Waals surface area contributed by atoms with E-state index in [0.717, 1.165) is 37.6 Å². The summed E-state index contributed by atoms with van der Waals surface area (Å²) in [6, 6.07) is 6.34. The summed E-state index contributed by atoms with van der Waals surface area (Å²) in [6.45, 7) is 3.13. The molecule has 0 bridgehead atoms. The van der Waals surface area contributed by atoms with E-state index in [9.17, 15) is 0 Å². The third-order valence-electron chi connectivity index (χ3n) is 4.09. The molecule has 5 heteroatoms. The van der Waals surface area contributed by atoms with Gasteiger partial charge in [0.15, 0.2) is 0 Å². The molecule has 0 radical (unpaired) electrons. The van der Waals surface area contributed by atoms with E-state index in [1.807, 2.05) is 0 Å². The maximum absolute atomic E-state index is 5.43. The van der Waals surface area contributed by atoms with E-state index in [1.54, 1.807) is 0 Å². The number of aromatic nitrogens is 2. The monoisotopic (exact) mass is 270 g/mol. The Hall–Kier alpha value is -2.04. The van der Waals surface area contributed by atoms with Gasteiger partial charge in [-0.25, -0.2) is 0 Å². The van der Waals surface area contributed by atoms with Gasteiger partial charge in [0.1, 0.15) is 0 Å². The predicted molar refractivity (Wildman–Crippen MR) is 78.0 cm³/mol. The van der Waals surface area contributed by atoms with Crippen LogP contribution in [0.2, 0.25) is 0 Å². The fourth-order valence-corrected chi connectivity index (χ4v) is 2.99. The zero-order valence-corrected chi connectivity index (χ0v) is 11.4. The maximum Gasteiger partial charge on any atom is 0.266 e. The third kappa shape index (κ3) is 2.03. The van der Waals surface area contributed by atoms with E-state index in [0.29, 0.717) is 5.89 Å². The standard InChI is InChI=1S/C15H18N4O/c1-2-9-19(8-1)15-17-14(20-18-15)12-5-6-13-11(10-12)4-3-7-16-13/h5-6,10,16H,1-4,7-9H2. The predicted octanol–water partition coefficient (Wildman–Crippen LogP) is 2.69. The molecule has 1 aromatic heterocycles. The summed E-state index contributed by atoms with van der Waals surface area (Å²) < 4.78 is 5.43. The van der Waals surface area contributed by atoms with Crippen LogP contribution in [0.15, 0.2) is 22.7 Å². The molecule has 0 amide bonds. The molecule has 1 fully saturated rings. The molecule has 4 rings (SSSR count). The van der Waals surface area contributed by atoms with Crippen LogP contribution in [0, 0.1) is 0 Å². The summed E-state index contributed by atoms with van der Waals surface area (Å²) in [7, 11) is 0. The molecule has 0 spiro atoms. The van der Waals surface area contributed by atoms with Crippen LogP contribution in [-0.4, -0.2) is 29.8 Å². The quantitative estimate of drug-likeness (QED) is 0.909. The van der Waals surface area contributed by atoms with Crippen molar-refractivity contribution in [1.29, 1.82) is 0 Å². The van der Waals surface area contributed by atoms with Gasteiger partial charge in [-0.3, -0.25) is 0 Å². The normalized spacial score (nSPS) is 17.9. The average Bonchev–Trinajstić information content (AvgIpc) is 3.17. The van der Waals surface area contributed by atoms with Crippen molar-refractivity contribution in [2.24, 2.45) is 0 Å². The molecule has 0 unspecified atom stereocenters. The van der Waals surface area contributed by atoms with Gasteiger partial charge in [0.05, 0.1) is 0 Å². The van der Waals surface area contributed by atoms with Crippen LogP contribution in [0.1, 0.15) is 24.8 Å². The van der Waals surface area contributed by atoms with Gasteiger partial charge in [-0.1, -0.05) is 0 Å². The molecule has 20 heavy (non-hydrogen) atoms. The van der Waals surface area contributed by atoms with Crippen LogP contribution in [0.25, 0.3) is 11.5 Å². The molecule has 0 atom stereocenters. The van der Waals surface area contributed by atoms with Gasteiger partial charge in [0, 0.05) is 30.9 Å². The number of anilines is 2. The number of nitrogens with one attached hydrogen (secondary N) is 1. The molecule has 1 N–H and O–H groups in total. The van der Waals surface area contributed by atoms with Crippen LogP contribution in [0.3, 0.4) is 0 Å². The first-order chi connectivity index (χ1) is 9.90. The Labute approximate surface area is 118 Å². The van der Waals surface area contributed by atoms with Gasteiger partial charge in [0.2, 0.25) is 0 Å². The van der Waals surface area contributed by atoms with Gasteiger partial charge in [0.25, 0.3) is 11.8 Å². The number of rotatable bonds is 2. The van der Waals surface area contributed by atoms with Gasteiger partial charge in [-0.15, -0.1) is 0 Å². The van der Waals surface area contributed by atoms with E-state index in [-0.39, 0.29) is 0 Å². The lowest BCUT2D eigenvalue weighted by Crippen LogP contribution is -2.18. The highest BCUT2D eigenvalue weighted by atomic mass is 16.5. The molecule has 104 valence electrons. The molecule has 1 saturated heterocycles. The number of fused-ring (bicyclic) bond motifs is 1. The maximum atomic E-state index is 5.43. The summed E-state index contributed by atoms with van der Waals surface area (Å²) in [5.41, 5.74) is 3.60. The highest BCUT2D eigenvalue weighted by Gasteiger charge is 2.19. The van der Waals surface area contributed by atoms with E-state index < -0.39 is 0 Å². The van der Waals surface area contributed by atoms with Gasteiger partial charge < -0.3 is 14.7 Å². The first-order valence-electron chi connectivity index (χ1n) is 7.36. The molecule has 2 aromatic rings. The van der Waals surface area contributed by atoms with E-state index >= 15 is 0 Å². The van der Waals surface area contributed by atoms with Crippen molar-refractivity contribution in [3.63, 3.8) is 0 Å². The fourth-order valence-electron chi connectivity index (χ4n) is 2.99. The largest absolute Gasteiger partial charge is 0.385 e.